The molecular formula is C23H21N3O3. The van der Waals surface area contributed by atoms with Crippen LogP contribution in [-0.2, 0) is 0 Å². The zero-order valence-electron chi connectivity index (χ0n) is 16.8. The molecule has 6 heteroatoms. The van der Waals surface area contributed by atoms with Crippen molar-refractivity contribution in [3.63, 3.8) is 0 Å². The second-order valence-corrected chi connectivity index (χ2v) is 6.81. The minimum absolute atomic E-state index is 0.0113. The normalized spacial score (nSPS) is 11.2. The van der Waals surface area contributed by atoms with Crippen LogP contribution in [0.25, 0.3) is 17.3 Å². The number of ether oxygens (including phenoxy) is 1. The molecule has 6 nitrogen and oxygen atoms in total. The standard InChI is InChI=1S/C23H21N3O3/c1-15-5-7-18(8-6-15)20(14-24)12-19-11-16(2)25(17(19)3)22-13-21(26(27)28)9-10-23(22)29-4/h5-13H,1-4H3/b20-12-. The molecule has 0 N–H and O–H groups in total. The molecule has 29 heavy (non-hydrogen) atoms. The van der Waals surface area contributed by atoms with Gasteiger partial charge in [-0.1, -0.05) is 29.8 Å². The molecule has 0 radical (unpaired) electrons. The number of aromatic nitrogens is 1. The summed E-state index contributed by atoms with van der Waals surface area (Å²) in [6.07, 6.45) is 1.84. The van der Waals surface area contributed by atoms with E-state index in [1.54, 1.807) is 6.07 Å². The summed E-state index contributed by atoms with van der Waals surface area (Å²) in [5.74, 6) is 0.534. The van der Waals surface area contributed by atoms with Crippen molar-refractivity contribution in [2.75, 3.05) is 7.11 Å². The Balaban J connectivity index is 2.15. The molecule has 3 aromatic rings. The van der Waals surface area contributed by atoms with Crippen molar-refractivity contribution in [2.45, 2.75) is 20.8 Å². The third-order valence-electron chi connectivity index (χ3n) is 4.87. The van der Waals surface area contributed by atoms with Gasteiger partial charge in [-0.15, -0.1) is 0 Å². The van der Waals surface area contributed by atoms with Gasteiger partial charge in [0.2, 0.25) is 0 Å². The van der Waals surface area contributed by atoms with Crippen molar-refractivity contribution in [1.82, 2.24) is 4.57 Å². The zero-order chi connectivity index (χ0) is 21.1. The van der Waals surface area contributed by atoms with E-state index in [1.807, 2.05) is 61.7 Å². The number of nitro benzene ring substituents is 1. The lowest BCUT2D eigenvalue weighted by atomic mass is 10.0. The highest BCUT2D eigenvalue weighted by molar-refractivity contribution is 5.90. The van der Waals surface area contributed by atoms with Crippen LogP contribution in [0.5, 0.6) is 5.75 Å². The molecule has 0 bridgehead atoms. The predicted molar refractivity (Wildman–Crippen MR) is 113 cm³/mol. The third kappa shape index (κ3) is 3.90. The molecule has 0 unspecified atom stereocenters. The van der Waals surface area contributed by atoms with Crippen LogP contribution in [-0.4, -0.2) is 16.6 Å². The van der Waals surface area contributed by atoms with E-state index >= 15 is 0 Å². The van der Waals surface area contributed by atoms with Gasteiger partial charge in [-0.2, -0.15) is 5.26 Å². The lowest BCUT2D eigenvalue weighted by Crippen LogP contribution is -2.03. The number of hydrogen-bond acceptors (Lipinski definition) is 4. The lowest BCUT2D eigenvalue weighted by Gasteiger charge is -2.14. The monoisotopic (exact) mass is 387 g/mol. The molecule has 3 rings (SSSR count). The molecule has 0 aliphatic carbocycles. The van der Waals surface area contributed by atoms with E-state index in [4.69, 9.17) is 4.74 Å². The van der Waals surface area contributed by atoms with Gasteiger partial charge in [0.25, 0.3) is 5.69 Å². The highest BCUT2D eigenvalue weighted by atomic mass is 16.6. The number of nitro groups is 1. The van der Waals surface area contributed by atoms with Crippen LogP contribution in [0.2, 0.25) is 0 Å². The number of hydrogen-bond donors (Lipinski definition) is 0. The molecule has 1 aromatic heterocycles. The molecule has 2 aromatic carbocycles. The summed E-state index contributed by atoms with van der Waals surface area (Å²) >= 11 is 0. The maximum absolute atomic E-state index is 11.2. The van der Waals surface area contributed by atoms with E-state index in [1.165, 1.54) is 19.2 Å². The maximum atomic E-state index is 11.2. The largest absolute Gasteiger partial charge is 0.495 e. The van der Waals surface area contributed by atoms with Crippen molar-refractivity contribution in [3.05, 3.63) is 86.7 Å². The minimum Gasteiger partial charge on any atom is -0.495 e. The van der Waals surface area contributed by atoms with Crippen LogP contribution in [0.4, 0.5) is 5.69 Å². The van der Waals surface area contributed by atoms with Crippen LogP contribution in [0.15, 0.2) is 48.5 Å². The van der Waals surface area contributed by atoms with Gasteiger partial charge in [0.05, 0.1) is 29.4 Å². The maximum Gasteiger partial charge on any atom is 0.271 e. The molecule has 0 atom stereocenters. The molecule has 0 saturated carbocycles. The first-order chi connectivity index (χ1) is 13.8. The van der Waals surface area contributed by atoms with Gasteiger partial charge in [0, 0.05) is 23.5 Å². The summed E-state index contributed by atoms with van der Waals surface area (Å²) in [5, 5.41) is 20.9. The third-order valence-corrected chi connectivity index (χ3v) is 4.87. The van der Waals surface area contributed by atoms with Crippen LogP contribution < -0.4 is 4.74 Å². The van der Waals surface area contributed by atoms with E-state index in [9.17, 15) is 15.4 Å². The Morgan fingerprint density at radius 1 is 1.14 bits per heavy atom. The Morgan fingerprint density at radius 3 is 2.41 bits per heavy atom. The van der Waals surface area contributed by atoms with Gasteiger partial charge in [-0.05, 0) is 50.1 Å². The molecule has 0 aliphatic rings. The average Bonchev–Trinajstić information content (AvgIpc) is 2.99. The number of allylic oxidation sites excluding steroid dienone is 1. The highest BCUT2D eigenvalue weighted by Gasteiger charge is 2.17. The lowest BCUT2D eigenvalue weighted by molar-refractivity contribution is -0.384. The van der Waals surface area contributed by atoms with Crippen molar-refractivity contribution in [1.29, 1.82) is 5.26 Å². The summed E-state index contributed by atoms with van der Waals surface area (Å²) in [6, 6.07) is 16.5. The molecule has 1 heterocycles. The Labute approximate surface area is 169 Å². The Bertz CT molecular complexity index is 1150. The number of benzene rings is 2. The quantitative estimate of drug-likeness (QED) is 0.334. The zero-order valence-corrected chi connectivity index (χ0v) is 16.8. The first-order valence-corrected chi connectivity index (χ1v) is 9.06. The highest BCUT2D eigenvalue weighted by Crippen LogP contribution is 2.32. The van der Waals surface area contributed by atoms with Crippen LogP contribution >= 0.6 is 0 Å². The first kappa shape index (κ1) is 19.9. The van der Waals surface area contributed by atoms with Crippen molar-refractivity contribution in [2.24, 2.45) is 0 Å². The van der Waals surface area contributed by atoms with Gasteiger partial charge < -0.3 is 9.30 Å². The second-order valence-electron chi connectivity index (χ2n) is 6.81. The summed E-state index contributed by atoms with van der Waals surface area (Å²) in [4.78, 5) is 10.8. The summed E-state index contributed by atoms with van der Waals surface area (Å²) in [5.41, 5.74) is 5.71. The number of aryl methyl sites for hydroxylation is 2. The average molecular weight is 387 g/mol. The fraction of sp³-hybridized carbons (Fsp3) is 0.174. The number of non-ortho nitro benzene ring substituents is 1. The smallest absolute Gasteiger partial charge is 0.271 e. The van der Waals surface area contributed by atoms with Crippen LogP contribution in [0, 0.1) is 42.2 Å². The van der Waals surface area contributed by atoms with E-state index in [-0.39, 0.29) is 5.69 Å². The summed E-state index contributed by atoms with van der Waals surface area (Å²) < 4.78 is 7.33. The minimum atomic E-state index is -0.427. The van der Waals surface area contributed by atoms with Crippen molar-refractivity contribution in [3.8, 4) is 17.5 Å². The Hall–Kier alpha value is -3.85. The number of rotatable bonds is 5. The summed E-state index contributed by atoms with van der Waals surface area (Å²) in [6.45, 7) is 5.83. The molecule has 0 saturated heterocycles. The first-order valence-electron chi connectivity index (χ1n) is 9.06. The fourth-order valence-corrected chi connectivity index (χ4v) is 3.34. The van der Waals surface area contributed by atoms with Gasteiger partial charge in [-0.25, -0.2) is 0 Å². The molecule has 146 valence electrons. The Kier molecular flexibility index (Phi) is 5.51. The summed E-state index contributed by atoms with van der Waals surface area (Å²) in [7, 11) is 1.53. The van der Waals surface area contributed by atoms with Gasteiger partial charge in [-0.3, -0.25) is 10.1 Å². The predicted octanol–water partition coefficient (Wildman–Crippen LogP) is 5.38. The van der Waals surface area contributed by atoms with Crippen LogP contribution in [0.1, 0.15) is 28.1 Å². The van der Waals surface area contributed by atoms with Gasteiger partial charge in [0.15, 0.2) is 0 Å². The molecule has 0 fully saturated rings. The number of nitriles is 1. The Morgan fingerprint density at radius 2 is 1.83 bits per heavy atom. The topological polar surface area (TPSA) is 81.1 Å². The molecule has 0 spiro atoms. The van der Waals surface area contributed by atoms with E-state index in [0.29, 0.717) is 17.0 Å². The molecule has 0 aliphatic heterocycles. The number of nitrogens with zero attached hydrogens (tertiary/aromatic N) is 3. The van der Waals surface area contributed by atoms with E-state index < -0.39 is 4.92 Å². The van der Waals surface area contributed by atoms with Crippen molar-refractivity contribution >= 4 is 17.3 Å². The molecular weight excluding hydrogens is 366 g/mol. The van der Waals surface area contributed by atoms with Gasteiger partial charge in [0.1, 0.15) is 5.75 Å². The van der Waals surface area contributed by atoms with E-state index in [2.05, 4.69) is 6.07 Å². The van der Waals surface area contributed by atoms with Gasteiger partial charge >= 0.3 is 0 Å². The fourth-order valence-electron chi connectivity index (χ4n) is 3.34. The van der Waals surface area contributed by atoms with Crippen molar-refractivity contribution < 1.29 is 9.66 Å². The second kappa shape index (κ2) is 8.03. The SMILES string of the molecule is COc1ccc([N+](=O)[O-])cc1-n1c(C)cc(/C=C(/C#N)c2ccc(C)cc2)c1C. The molecule has 0 amide bonds. The number of methoxy groups -OCH3 is 1. The van der Waals surface area contributed by atoms with Crippen LogP contribution in [0.3, 0.4) is 0 Å². The van der Waals surface area contributed by atoms with E-state index in [0.717, 1.165) is 28.1 Å².